The van der Waals surface area contributed by atoms with Crippen LogP contribution in [-0.2, 0) is 10.2 Å². The maximum absolute atomic E-state index is 12.3. The monoisotopic (exact) mass is 298 g/mol. The van der Waals surface area contributed by atoms with Gasteiger partial charge in [-0.15, -0.1) is 11.3 Å². The summed E-state index contributed by atoms with van der Waals surface area (Å²) in [4.78, 5) is 24.6. The maximum Gasteiger partial charge on any atom is 0.348 e. The predicted molar refractivity (Wildman–Crippen MR) is 81.4 cm³/mol. The molecule has 5 nitrogen and oxygen atoms in total. The molecule has 0 fully saturated rings. The molecule has 0 saturated carbocycles. The van der Waals surface area contributed by atoms with Gasteiger partial charge in [0.2, 0.25) is 0 Å². The molecule has 112 valence electrons. The van der Waals surface area contributed by atoms with Gasteiger partial charge in [-0.1, -0.05) is 20.8 Å². The molecule has 0 aliphatic carbocycles. The number of carbonyl (C=O) groups is 2. The average Bonchev–Trinajstić information content (AvgIpc) is 2.64. The van der Waals surface area contributed by atoms with Gasteiger partial charge in [0.1, 0.15) is 4.88 Å². The molecule has 0 atom stereocenters. The smallest absolute Gasteiger partial charge is 0.348 e. The maximum atomic E-state index is 12.3. The summed E-state index contributed by atoms with van der Waals surface area (Å²) in [5, 5.41) is 3.16. The van der Waals surface area contributed by atoms with Gasteiger partial charge in [-0.05, 0) is 24.8 Å². The Kier molecular flexibility index (Phi) is 4.81. The Hall–Kier alpha value is -1.56. The molecule has 1 aromatic rings. The van der Waals surface area contributed by atoms with Gasteiger partial charge < -0.3 is 15.8 Å². The second-order valence-corrected chi connectivity index (χ2v) is 6.97. The Morgan fingerprint density at radius 2 is 1.85 bits per heavy atom. The minimum absolute atomic E-state index is 0.00352. The molecular weight excluding hydrogens is 276 g/mol. The van der Waals surface area contributed by atoms with Gasteiger partial charge in [-0.3, -0.25) is 4.79 Å². The van der Waals surface area contributed by atoms with Crippen molar-refractivity contribution in [3.8, 4) is 0 Å². The minimum atomic E-state index is -0.463. The number of esters is 1. The summed E-state index contributed by atoms with van der Waals surface area (Å²) >= 11 is 1.10. The number of ether oxygens (including phenoxy) is 1. The second-order valence-electron chi connectivity index (χ2n) is 5.92. The van der Waals surface area contributed by atoms with Crippen molar-refractivity contribution in [2.45, 2.75) is 46.1 Å². The number of hydrogen-bond acceptors (Lipinski definition) is 5. The van der Waals surface area contributed by atoms with Crippen molar-refractivity contribution < 1.29 is 14.3 Å². The van der Waals surface area contributed by atoms with E-state index in [9.17, 15) is 9.59 Å². The van der Waals surface area contributed by atoms with Gasteiger partial charge in [-0.2, -0.15) is 0 Å². The summed E-state index contributed by atoms with van der Waals surface area (Å²) in [7, 11) is 1.32. The molecule has 1 heterocycles. The molecule has 6 heteroatoms. The molecule has 0 unspecified atom stereocenters. The van der Waals surface area contributed by atoms with Crippen molar-refractivity contribution >= 4 is 28.2 Å². The van der Waals surface area contributed by atoms with Crippen molar-refractivity contribution in [1.29, 1.82) is 0 Å². The summed E-state index contributed by atoms with van der Waals surface area (Å²) in [6.45, 7) is 9.56. The first-order valence-electron chi connectivity index (χ1n) is 6.41. The van der Waals surface area contributed by atoms with E-state index in [1.807, 2.05) is 34.6 Å². The molecule has 1 rings (SSSR count). The number of nitrogens with one attached hydrogen (secondary N) is 1. The van der Waals surface area contributed by atoms with Gasteiger partial charge >= 0.3 is 5.97 Å². The SMILES string of the molecule is COC(=O)c1sc(N)c(C(=O)NC(C)C)c1C(C)(C)C. The Balaban J connectivity index is 3.48. The number of amides is 1. The number of thiophene rings is 1. The van der Waals surface area contributed by atoms with Crippen LogP contribution < -0.4 is 11.1 Å². The van der Waals surface area contributed by atoms with Crippen LogP contribution in [0.5, 0.6) is 0 Å². The molecule has 0 aliphatic heterocycles. The Morgan fingerprint density at radius 1 is 1.30 bits per heavy atom. The lowest BCUT2D eigenvalue weighted by atomic mass is 9.84. The van der Waals surface area contributed by atoms with Crippen LogP contribution in [0.1, 0.15) is 60.2 Å². The molecule has 0 aromatic carbocycles. The lowest BCUT2D eigenvalue weighted by molar-refractivity contribution is 0.0603. The van der Waals surface area contributed by atoms with E-state index in [0.29, 0.717) is 21.0 Å². The van der Waals surface area contributed by atoms with E-state index in [-0.39, 0.29) is 17.4 Å². The van der Waals surface area contributed by atoms with Crippen LogP contribution >= 0.6 is 11.3 Å². The number of anilines is 1. The first-order chi connectivity index (χ1) is 9.09. The minimum Gasteiger partial charge on any atom is -0.465 e. The van der Waals surface area contributed by atoms with Gasteiger partial charge in [0, 0.05) is 6.04 Å². The third-order valence-electron chi connectivity index (χ3n) is 2.70. The summed E-state index contributed by atoms with van der Waals surface area (Å²) in [5.74, 6) is -0.718. The van der Waals surface area contributed by atoms with Crippen molar-refractivity contribution in [2.75, 3.05) is 12.8 Å². The summed E-state index contributed by atoms with van der Waals surface area (Å²) < 4.78 is 4.79. The van der Waals surface area contributed by atoms with E-state index in [1.54, 1.807) is 0 Å². The molecule has 1 amide bonds. The second kappa shape index (κ2) is 5.83. The zero-order chi connectivity index (χ0) is 15.7. The van der Waals surface area contributed by atoms with Crippen LogP contribution in [0.25, 0.3) is 0 Å². The van der Waals surface area contributed by atoms with Crippen molar-refractivity contribution in [3.63, 3.8) is 0 Å². The number of carbonyl (C=O) groups excluding carboxylic acids is 2. The van der Waals surface area contributed by atoms with Crippen molar-refractivity contribution in [1.82, 2.24) is 5.32 Å². The fourth-order valence-electron chi connectivity index (χ4n) is 1.96. The van der Waals surface area contributed by atoms with Crippen LogP contribution in [0.2, 0.25) is 0 Å². The van der Waals surface area contributed by atoms with E-state index in [0.717, 1.165) is 11.3 Å². The van der Waals surface area contributed by atoms with Crippen molar-refractivity contribution in [3.05, 3.63) is 16.0 Å². The average molecular weight is 298 g/mol. The summed E-state index contributed by atoms with van der Waals surface area (Å²) in [6.07, 6.45) is 0. The highest BCUT2D eigenvalue weighted by Crippen LogP contribution is 2.39. The van der Waals surface area contributed by atoms with Crippen LogP contribution in [0.15, 0.2) is 0 Å². The lowest BCUT2D eigenvalue weighted by Gasteiger charge is -2.21. The first-order valence-corrected chi connectivity index (χ1v) is 7.23. The standard InChI is InChI=1S/C14H22N2O3S/c1-7(2)16-12(17)8-9(14(3,4)5)10(13(18)19-6)20-11(8)15/h7H,15H2,1-6H3,(H,16,17). The number of hydrogen-bond donors (Lipinski definition) is 2. The molecule has 1 aromatic heterocycles. The third kappa shape index (κ3) is 3.30. The summed E-state index contributed by atoms with van der Waals surface area (Å²) in [5.41, 5.74) is 6.60. The Morgan fingerprint density at radius 3 is 2.25 bits per heavy atom. The molecule has 0 spiro atoms. The highest BCUT2D eigenvalue weighted by Gasteiger charge is 2.33. The number of methoxy groups -OCH3 is 1. The van der Waals surface area contributed by atoms with Crippen LogP contribution in [0, 0.1) is 0 Å². The quantitative estimate of drug-likeness (QED) is 0.840. The van der Waals surface area contributed by atoms with E-state index in [2.05, 4.69) is 5.32 Å². The zero-order valence-electron chi connectivity index (χ0n) is 12.8. The third-order valence-corrected chi connectivity index (χ3v) is 3.70. The zero-order valence-corrected chi connectivity index (χ0v) is 13.6. The molecule has 0 bridgehead atoms. The Labute approximate surface area is 123 Å². The largest absolute Gasteiger partial charge is 0.465 e. The van der Waals surface area contributed by atoms with E-state index in [4.69, 9.17) is 10.5 Å². The number of nitrogens with two attached hydrogens (primary N) is 1. The lowest BCUT2D eigenvalue weighted by Crippen LogP contribution is -2.32. The van der Waals surface area contributed by atoms with Gasteiger partial charge in [0.25, 0.3) is 5.91 Å². The predicted octanol–water partition coefficient (Wildman–Crippen LogP) is 2.55. The van der Waals surface area contributed by atoms with E-state index < -0.39 is 5.97 Å². The number of nitrogen functional groups attached to an aromatic ring is 1. The fraction of sp³-hybridized carbons (Fsp3) is 0.571. The van der Waals surface area contributed by atoms with E-state index >= 15 is 0 Å². The molecular formula is C14H22N2O3S. The van der Waals surface area contributed by atoms with Crippen LogP contribution in [-0.4, -0.2) is 25.0 Å². The van der Waals surface area contributed by atoms with Gasteiger partial charge in [0.05, 0.1) is 17.7 Å². The van der Waals surface area contributed by atoms with Gasteiger partial charge in [0.15, 0.2) is 0 Å². The molecule has 20 heavy (non-hydrogen) atoms. The molecule has 0 aliphatic rings. The fourth-order valence-corrected chi connectivity index (χ4v) is 3.15. The summed E-state index contributed by atoms with van der Waals surface area (Å²) in [6, 6.07) is -0.00352. The molecule has 0 saturated heterocycles. The topological polar surface area (TPSA) is 81.4 Å². The van der Waals surface area contributed by atoms with Crippen molar-refractivity contribution in [2.24, 2.45) is 0 Å². The molecule has 0 radical (unpaired) electrons. The van der Waals surface area contributed by atoms with Crippen LogP contribution in [0.4, 0.5) is 5.00 Å². The van der Waals surface area contributed by atoms with Crippen LogP contribution in [0.3, 0.4) is 0 Å². The highest BCUT2D eigenvalue weighted by atomic mass is 32.1. The Bertz CT molecular complexity index is 527. The molecule has 3 N–H and O–H groups in total. The van der Waals surface area contributed by atoms with Gasteiger partial charge in [-0.25, -0.2) is 4.79 Å². The van der Waals surface area contributed by atoms with E-state index in [1.165, 1.54) is 7.11 Å². The highest BCUT2D eigenvalue weighted by molar-refractivity contribution is 7.18. The normalized spacial score (nSPS) is 11.6. The first kappa shape index (κ1) is 16.5. The number of rotatable bonds is 3.